The van der Waals surface area contributed by atoms with Gasteiger partial charge in [-0.3, -0.25) is 9.59 Å². The minimum Gasteiger partial charge on any atom is -0.325 e. The Morgan fingerprint density at radius 3 is 2.71 bits per heavy atom. The Kier molecular flexibility index (Phi) is 5.71. The third-order valence-electron chi connectivity index (χ3n) is 3.19. The van der Waals surface area contributed by atoms with E-state index in [1.165, 1.54) is 24.3 Å². The number of aromatic amines is 1. The van der Waals surface area contributed by atoms with Gasteiger partial charge in [0, 0.05) is 5.69 Å². The van der Waals surface area contributed by atoms with Crippen LogP contribution in [0.3, 0.4) is 0 Å². The number of H-pyrrole nitrogens is 1. The first-order valence-electron chi connectivity index (χ1n) is 7.21. The molecule has 0 aliphatic heterocycles. The minimum atomic E-state index is -0.546. The molecule has 1 aromatic heterocycles. The van der Waals surface area contributed by atoms with E-state index in [4.69, 9.17) is 5.26 Å². The zero-order valence-electron chi connectivity index (χ0n) is 13.1. The molecular formula is C16H15FN4O2S. The van der Waals surface area contributed by atoms with Crippen LogP contribution in [-0.4, -0.2) is 21.1 Å². The van der Waals surface area contributed by atoms with Crippen molar-refractivity contribution in [1.29, 1.82) is 5.26 Å². The fraction of sp³-hybridized carbons (Fsp3) is 0.250. The number of hydrogen-bond acceptors (Lipinski definition) is 5. The average molecular weight is 346 g/mol. The Bertz CT molecular complexity index is 843. The second kappa shape index (κ2) is 7.75. The van der Waals surface area contributed by atoms with E-state index in [9.17, 15) is 14.0 Å². The molecular weight excluding hydrogens is 331 g/mol. The molecule has 1 aromatic carbocycles. The van der Waals surface area contributed by atoms with Crippen molar-refractivity contribution in [2.45, 2.75) is 30.7 Å². The van der Waals surface area contributed by atoms with Gasteiger partial charge in [0.05, 0.1) is 10.9 Å². The van der Waals surface area contributed by atoms with Crippen LogP contribution < -0.4 is 10.9 Å². The molecule has 1 atom stereocenters. The molecule has 0 fully saturated rings. The number of hydrogen-bond donors (Lipinski definition) is 2. The van der Waals surface area contributed by atoms with Crippen LogP contribution in [-0.2, 0) is 11.2 Å². The Labute approximate surface area is 142 Å². The second-order valence-electron chi connectivity index (χ2n) is 4.91. The number of benzene rings is 1. The smallest absolute Gasteiger partial charge is 0.269 e. The van der Waals surface area contributed by atoms with Crippen LogP contribution in [0.5, 0.6) is 0 Å². The number of halogens is 1. The summed E-state index contributed by atoms with van der Waals surface area (Å²) < 4.78 is 12.9. The fourth-order valence-corrected chi connectivity index (χ4v) is 2.74. The molecule has 6 nitrogen and oxygen atoms in total. The molecule has 2 N–H and O–H groups in total. The van der Waals surface area contributed by atoms with Crippen LogP contribution in [0.4, 0.5) is 10.1 Å². The van der Waals surface area contributed by atoms with Crippen LogP contribution in [0, 0.1) is 17.1 Å². The molecule has 0 saturated heterocycles. The summed E-state index contributed by atoms with van der Waals surface area (Å²) in [5, 5.41) is 11.4. The molecule has 1 heterocycles. The van der Waals surface area contributed by atoms with Gasteiger partial charge in [0.15, 0.2) is 5.16 Å². The Morgan fingerprint density at radius 2 is 2.12 bits per heavy atom. The first-order valence-corrected chi connectivity index (χ1v) is 8.09. The summed E-state index contributed by atoms with van der Waals surface area (Å²) in [7, 11) is 0. The first kappa shape index (κ1) is 17.7. The van der Waals surface area contributed by atoms with Gasteiger partial charge in [-0.25, -0.2) is 9.37 Å². The highest BCUT2D eigenvalue weighted by Gasteiger charge is 2.18. The highest BCUT2D eigenvalue weighted by Crippen LogP contribution is 2.21. The maximum absolute atomic E-state index is 12.9. The average Bonchev–Trinajstić information content (AvgIpc) is 2.56. The number of nitrogens with one attached hydrogen (secondary N) is 2. The first-order chi connectivity index (χ1) is 11.4. The maximum atomic E-state index is 12.9. The van der Waals surface area contributed by atoms with Crippen LogP contribution in [0.15, 0.2) is 34.2 Å². The van der Waals surface area contributed by atoms with Crippen molar-refractivity contribution in [3.63, 3.8) is 0 Å². The molecule has 0 saturated carbocycles. The minimum absolute atomic E-state index is 0.00901. The molecule has 8 heteroatoms. The predicted octanol–water partition coefficient (Wildman–Crippen LogP) is 2.46. The van der Waals surface area contributed by atoms with Crippen molar-refractivity contribution in [2.75, 3.05) is 5.32 Å². The van der Waals surface area contributed by atoms with Crippen LogP contribution in [0.2, 0.25) is 0 Å². The van der Waals surface area contributed by atoms with Crippen molar-refractivity contribution in [2.24, 2.45) is 0 Å². The molecule has 2 aromatic rings. The van der Waals surface area contributed by atoms with Gasteiger partial charge in [-0.2, -0.15) is 5.26 Å². The van der Waals surface area contributed by atoms with E-state index in [-0.39, 0.29) is 22.4 Å². The largest absolute Gasteiger partial charge is 0.325 e. The standard InChI is InChI=1S/C16H15FN4O2S/c1-3-13-12(8-18)15(23)21-16(20-13)24-9(2)14(22)19-11-6-4-10(17)5-7-11/h4-7,9H,3H2,1-2H3,(H,19,22)(H,20,21,23)/t9-/m1/s1. The topological polar surface area (TPSA) is 98.6 Å². The monoisotopic (exact) mass is 346 g/mol. The number of nitrogens with zero attached hydrogens (tertiary/aromatic N) is 2. The van der Waals surface area contributed by atoms with Crippen molar-refractivity contribution < 1.29 is 9.18 Å². The number of carbonyl (C=O) groups is 1. The molecule has 0 aliphatic carbocycles. The van der Waals surface area contributed by atoms with E-state index in [1.807, 2.05) is 6.07 Å². The summed E-state index contributed by atoms with van der Waals surface area (Å²) >= 11 is 1.07. The highest BCUT2D eigenvalue weighted by molar-refractivity contribution is 8.00. The lowest BCUT2D eigenvalue weighted by Crippen LogP contribution is -2.24. The van der Waals surface area contributed by atoms with E-state index >= 15 is 0 Å². The van der Waals surface area contributed by atoms with Crippen molar-refractivity contribution in [3.05, 3.63) is 51.7 Å². The van der Waals surface area contributed by atoms with Crippen LogP contribution >= 0.6 is 11.8 Å². The molecule has 0 aliphatic rings. The molecule has 1 amide bonds. The van der Waals surface area contributed by atoms with Gasteiger partial charge in [-0.1, -0.05) is 18.7 Å². The number of carbonyl (C=O) groups excluding carboxylic acids is 1. The zero-order chi connectivity index (χ0) is 17.7. The van der Waals surface area contributed by atoms with Gasteiger partial charge in [-0.05, 0) is 37.6 Å². The second-order valence-corrected chi connectivity index (χ2v) is 6.24. The van der Waals surface area contributed by atoms with Crippen molar-refractivity contribution >= 4 is 23.4 Å². The highest BCUT2D eigenvalue weighted by atomic mass is 32.2. The molecule has 0 bridgehead atoms. The number of nitriles is 1. The molecule has 124 valence electrons. The fourth-order valence-electron chi connectivity index (χ4n) is 1.92. The van der Waals surface area contributed by atoms with E-state index in [0.717, 1.165) is 11.8 Å². The van der Waals surface area contributed by atoms with E-state index in [1.54, 1.807) is 13.8 Å². The van der Waals surface area contributed by atoms with Gasteiger partial charge in [-0.15, -0.1) is 0 Å². The Morgan fingerprint density at radius 1 is 1.46 bits per heavy atom. The molecule has 0 radical (unpaired) electrons. The Hall–Kier alpha value is -2.66. The lowest BCUT2D eigenvalue weighted by atomic mass is 10.2. The summed E-state index contributed by atoms with van der Waals surface area (Å²) in [6.45, 7) is 3.45. The lowest BCUT2D eigenvalue weighted by molar-refractivity contribution is -0.115. The van der Waals surface area contributed by atoms with Gasteiger partial charge in [0.1, 0.15) is 17.4 Å². The number of anilines is 1. The predicted molar refractivity (Wildman–Crippen MR) is 89.3 cm³/mol. The number of aryl methyl sites for hydroxylation is 1. The number of amides is 1. The molecule has 2 rings (SSSR count). The SMILES string of the molecule is CCc1nc(S[C@H](C)C(=O)Nc2ccc(F)cc2)[nH]c(=O)c1C#N. The summed E-state index contributed by atoms with van der Waals surface area (Å²) in [6, 6.07) is 7.25. The molecule has 0 unspecified atom stereocenters. The summed E-state index contributed by atoms with van der Waals surface area (Å²) in [4.78, 5) is 30.7. The van der Waals surface area contributed by atoms with Crippen molar-refractivity contribution in [1.82, 2.24) is 9.97 Å². The van der Waals surface area contributed by atoms with Gasteiger partial charge in [0.25, 0.3) is 5.56 Å². The summed E-state index contributed by atoms with van der Waals surface area (Å²) in [6.07, 6.45) is 0.441. The number of thioether (sulfide) groups is 1. The summed E-state index contributed by atoms with van der Waals surface area (Å²) in [5.41, 5.74) is 0.350. The quantitative estimate of drug-likeness (QED) is 0.640. The van der Waals surface area contributed by atoms with Crippen LogP contribution in [0.25, 0.3) is 0 Å². The van der Waals surface area contributed by atoms with Gasteiger partial charge >= 0.3 is 0 Å². The Balaban J connectivity index is 2.11. The lowest BCUT2D eigenvalue weighted by Gasteiger charge is -2.12. The third kappa shape index (κ3) is 4.20. The maximum Gasteiger partial charge on any atom is 0.269 e. The molecule has 0 spiro atoms. The van der Waals surface area contributed by atoms with E-state index < -0.39 is 10.8 Å². The number of aromatic nitrogens is 2. The van der Waals surface area contributed by atoms with E-state index in [0.29, 0.717) is 17.8 Å². The third-order valence-corrected chi connectivity index (χ3v) is 4.17. The van der Waals surface area contributed by atoms with Gasteiger partial charge in [0.2, 0.25) is 5.91 Å². The van der Waals surface area contributed by atoms with Gasteiger partial charge < -0.3 is 10.3 Å². The van der Waals surface area contributed by atoms with E-state index in [2.05, 4.69) is 15.3 Å². The van der Waals surface area contributed by atoms with Crippen molar-refractivity contribution in [3.8, 4) is 6.07 Å². The normalized spacial score (nSPS) is 11.6. The van der Waals surface area contributed by atoms with Crippen LogP contribution in [0.1, 0.15) is 25.1 Å². The summed E-state index contributed by atoms with van der Waals surface area (Å²) in [5.74, 6) is -0.696. The zero-order valence-corrected chi connectivity index (χ0v) is 13.9. The molecule has 24 heavy (non-hydrogen) atoms. The number of rotatable bonds is 5.